The van der Waals surface area contributed by atoms with Gasteiger partial charge in [0.05, 0.1) is 11.1 Å². The van der Waals surface area contributed by atoms with Gasteiger partial charge in [-0.05, 0) is 40.1 Å². The molecule has 98 valence electrons. The fraction of sp³-hybridized carbons (Fsp3) is 0.538. The average Bonchev–Trinajstić information content (AvgIpc) is 2.61. The lowest BCUT2D eigenvalue weighted by Gasteiger charge is -2.11. The Morgan fingerprint density at radius 1 is 1.39 bits per heavy atom. The van der Waals surface area contributed by atoms with Crippen LogP contribution in [0.4, 0.5) is 5.69 Å². The van der Waals surface area contributed by atoms with Crippen LogP contribution < -0.4 is 5.32 Å². The molecule has 0 saturated carbocycles. The monoisotopic (exact) mass is 247 g/mol. The Balaban J connectivity index is 2.13. The van der Waals surface area contributed by atoms with Crippen LogP contribution in [0.1, 0.15) is 12.1 Å². The molecular formula is C13H21N5. The van der Waals surface area contributed by atoms with Crippen molar-refractivity contribution in [3.63, 3.8) is 0 Å². The summed E-state index contributed by atoms with van der Waals surface area (Å²) in [7, 11) is 6.12. The van der Waals surface area contributed by atoms with Crippen molar-refractivity contribution in [1.82, 2.24) is 19.7 Å². The molecule has 2 aromatic heterocycles. The highest BCUT2D eigenvalue weighted by atomic mass is 15.3. The van der Waals surface area contributed by atoms with Crippen LogP contribution in [-0.2, 0) is 7.05 Å². The van der Waals surface area contributed by atoms with Gasteiger partial charge in [0.1, 0.15) is 0 Å². The van der Waals surface area contributed by atoms with E-state index in [0.717, 1.165) is 41.9 Å². The number of hydrogen-bond acceptors (Lipinski definition) is 4. The first kappa shape index (κ1) is 12.8. The molecule has 0 saturated heterocycles. The zero-order valence-electron chi connectivity index (χ0n) is 11.6. The number of pyridine rings is 1. The highest BCUT2D eigenvalue weighted by molar-refractivity contribution is 5.91. The van der Waals surface area contributed by atoms with Gasteiger partial charge >= 0.3 is 0 Å². The van der Waals surface area contributed by atoms with Crippen molar-refractivity contribution in [3.05, 3.63) is 18.0 Å². The largest absolute Gasteiger partial charge is 0.384 e. The predicted molar refractivity (Wildman–Crippen MR) is 74.9 cm³/mol. The fourth-order valence-electron chi connectivity index (χ4n) is 2.14. The van der Waals surface area contributed by atoms with Gasteiger partial charge in [-0.1, -0.05) is 0 Å². The Hall–Kier alpha value is -1.62. The summed E-state index contributed by atoms with van der Waals surface area (Å²) in [5.41, 5.74) is 3.09. The second-order valence-corrected chi connectivity index (χ2v) is 4.85. The topological polar surface area (TPSA) is 46.0 Å². The normalized spacial score (nSPS) is 11.4. The Labute approximate surface area is 108 Å². The van der Waals surface area contributed by atoms with Crippen LogP contribution in [0, 0.1) is 6.92 Å². The SMILES string of the molecule is Cc1nn(C)c2nccc(NCCCN(C)C)c12. The van der Waals surface area contributed by atoms with E-state index in [1.165, 1.54) is 0 Å². The lowest BCUT2D eigenvalue weighted by molar-refractivity contribution is 0.405. The predicted octanol–water partition coefficient (Wildman–Crippen LogP) is 1.64. The van der Waals surface area contributed by atoms with Crippen molar-refractivity contribution in [2.75, 3.05) is 32.5 Å². The number of hydrogen-bond donors (Lipinski definition) is 1. The second-order valence-electron chi connectivity index (χ2n) is 4.85. The zero-order chi connectivity index (χ0) is 13.1. The van der Waals surface area contributed by atoms with Gasteiger partial charge in [0.2, 0.25) is 0 Å². The van der Waals surface area contributed by atoms with Crippen molar-refractivity contribution in [1.29, 1.82) is 0 Å². The number of fused-ring (bicyclic) bond motifs is 1. The quantitative estimate of drug-likeness (QED) is 0.816. The molecule has 0 aliphatic heterocycles. The van der Waals surface area contributed by atoms with E-state index in [0.29, 0.717) is 0 Å². The van der Waals surface area contributed by atoms with Crippen LogP contribution >= 0.6 is 0 Å². The van der Waals surface area contributed by atoms with Gasteiger partial charge in [0.15, 0.2) is 5.65 Å². The van der Waals surface area contributed by atoms with Gasteiger partial charge in [0.25, 0.3) is 0 Å². The van der Waals surface area contributed by atoms with Gasteiger partial charge in [-0.25, -0.2) is 4.98 Å². The maximum absolute atomic E-state index is 4.41. The van der Waals surface area contributed by atoms with Gasteiger partial charge in [-0.2, -0.15) is 5.10 Å². The first-order chi connectivity index (χ1) is 8.59. The summed E-state index contributed by atoms with van der Waals surface area (Å²) in [6.07, 6.45) is 2.95. The smallest absolute Gasteiger partial charge is 0.159 e. The molecule has 0 amide bonds. The summed E-state index contributed by atoms with van der Waals surface area (Å²) in [6, 6.07) is 2.02. The van der Waals surface area contributed by atoms with E-state index in [-0.39, 0.29) is 0 Å². The molecule has 0 unspecified atom stereocenters. The van der Waals surface area contributed by atoms with Gasteiger partial charge in [0, 0.05) is 25.5 Å². The molecule has 0 aliphatic carbocycles. The van der Waals surface area contributed by atoms with E-state index >= 15 is 0 Å². The van der Waals surface area contributed by atoms with Gasteiger partial charge in [-0.15, -0.1) is 0 Å². The lowest BCUT2D eigenvalue weighted by Crippen LogP contribution is -2.16. The van der Waals surface area contributed by atoms with Crippen LogP contribution in [0.3, 0.4) is 0 Å². The zero-order valence-corrected chi connectivity index (χ0v) is 11.6. The third-order valence-corrected chi connectivity index (χ3v) is 3.00. The minimum Gasteiger partial charge on any atom is -0.384 e. The standard InChI is InChI=1S/C13H21N5/c1-10-12-11(14-7-5-9-17(2)3)6-8-15-13(12)18(4)16-10/h6,8H,5,7,9H2,1-4H3,(H,14,15). The van der Waals surface area contributed by atoms with Crippen molar-refractivity contribution in [2.45, 2.75) is 13.3 Å². The molecule has 2 aromatic rings. The molecule has 0 radical (unpaired) electrons. The summed E-state index contributed by atoms with van der Waals surface area (Å²) >= 11 is 0. The minimum atomic E-state index is 0.935. The number of rotatable bonds is 5. The molecule has 0 spiro atoms. The van der Waals surface area contributed by atoms with Gasteiger partial charge < -0.3 is 10.2 Å². The number of nitrogens with one attached hydrogen (secondary N) is 1. The Morgan fingerprint density at radius 2 is 2.17 bits per heavy atom. The number of aryl methyl sites for hydroxylation is 2. The molecule has 0 bridgehead atoms. The van der Waals surface area contributed by atoms with E-state index in [9.17, 15) is 0 Å². The maximum Gasteiger partial charge on any atom is 0.159 e. The molecule has 2 rings (SSSR count). The third-order valence-electron chi connectivity index (χ3n) is 3.00. The number of aromatic nitrogens is 3. The van der Waals surface area contributed by atoms with Crippen LogP contribution in [0.15, 0.2) is 12.3 Å². The van der Waals surface area contributed by atoms with E-state index < -0.39 is 0 Å². The minimum absolute atomic E-state index is 0.935. The summed E-state index contributed by atoms with van der Waals surface area (Å²) in [5, 5.41) is 9.02. The fourth-order valence-corrected chi connectivity index (χ4v) is 2.14. The summed E-state index contributed by atoms with van der Waals surface area (Å²) in [6.45, 7) is 4.08. The Morgan fingerprint density at radius 3 is 2.89 bits per heavy atom. The van der Waals surface area contributed by atoms with Crippen LogP contribution in [0.5, 0.6) is 0 Å². The second kappa shape index (κ2) is 5.35. The first-order valence-electron chi connectivity index (χ1n) is 6.26. The Kier molecular flexibility index (Phi) is 3.81. The van der Waals surface area contributed by atoms with Crippen LogP contribution in [-0.4, -0.2) is 46.8 Å². The summed E-state index contributed by atoms with van der Waals surface area (Å²) in [4.78, 5) is 6.56. The van der Waals surface area contributed by atoms with Gasteiger partial charge in [-0.3, -0.25) is 4.68 Å². The average molecular weight is 247 g/mol. The summed E-state index contributed by atoms with van der Waals surface area (Å²) < 4.78 is 1.83. The van der Waals surface area contributed by atoms with Crippen molar-refractivity contribution in [3.8, 4) is 0 Å². The molecule has 2 heterocycles. The lowest BCUT2D eigenvalue weighted by atomic mass is 10.2. The molecule has 0 aliphatic rings. The highest BCUT2D eigenvalue weighted by Gasteiger charge is 2.09. The van der Waals surface area contributed by atoms with Crippen LogP contribution in [0.2, 0.25) is 0 Å². The molecule has 18 heavy (non-hydrogen) atoms. The summed E-state index contributed by atoms with van der Waals surface area (Å²) in [5.74, 6) is 0. The molecular weight excluding hydrogens is 226 g/mol. The Bertz CT molecular complexity index is 529. The molecule has 0 aromatic carbocycles. The molecule has 1 N–H and O–H groups in total. The highest BCUT2D eigenvalue weighted by Crippen LogP contribution is 2.24. The van der Waals surface area contributed by atoms with E-state index in [2.05, 4.69) is 34.4 Å². The number of anilines is 1. The van der Waals surface area contributed by atoms with E-state index in [1.54, 1.807) is 0 Å². The van der Waals surface area contributed by atoms with Crippen molar-refractivity contribution < 1.29 is 0 Å². The molecule has 0 fully saturated rings. The third kappa shape index (κ3) is 2.61. The van der Waals surface area contributed by atoms with E-state index in [4.69, 9.17) is 0 Å². The first-order valence-corrected chi connectivity index (χ1v) is 6.26. The number of nitrogens with zero attached hydrogens (tertiary/aromatic N) is 4. The van der Waals surface area contributed by atoms with Crippen molar-refractivity contribution >= 4 is 16.7 Å². The maximum atomic E-state index is 4.41. The van der Waals surface area contributed by atoms with Crippen LogP contribution in [0.25, 0.3) is 11.0 Å². The van der Waals surface area contributed by atoms with Crippen molar-refractivity contribution in [2.24, 2.45) is 7.05 Å². The molecule has 5 nitrogen and oxygen atoms in total. The molecule has 0 atom stereocenters. The molecule has 5 heteroatoms. The van der Waals surface area contributed by atoms with E-state index in [1.807, 2.05) is 30.9 Å².